The second kappa shape index (κ2) is 5.21. The minimum absolute atomic E-state index is 0.343. The quantitative estimate of drug-likeness (QED) is 0.791. The van der Waals surface area contributed by atoms with E-state index in [0.717, 1.165) is 16.9 Å². The molecule has 0 unspecified atom stereocenters. The monoisotopic (exact) mass is 269 g/mol. The molecule has 3 rings (SSSR count). The Hall–Kier alpha value is -2.56. The highest BCUT2D eigenvalue weighted by molar-refractivity contribution is 5.74. The SMILES string of the molecule is COc1ccccc1OCc1nc2nccc(C)c2[nH]1. The summed E-state index contributed by atoms with van der Waals surface area (Å²) < 4.78 is 11.0. The summed E-state index contributed by atoms with van der Waals surface area (Å²) in [5.41, 5.74) is 2.78. The van der Waals surface area contributed by atoms with E-state index in [1.807, 2.05) is 37.3 Å². The number of aryl methyl sites for hydroxylation is 1. The van der Waals surface area contributed by atoms with Gasteiger partial charge in [0.25, 0.3) is 0 Å². The maximum absolute atomic E-state index is 5.74. The number of benzene rings is 1. The highest BCUT2D eigenvalue weighted by atomic mass is 16.5. The minimum Gasteiger partial charge on any atom is -0.493 e. The average molecular weight is 269 g/mol. The number of ether oxygens (including phenoxy) is 2. The predicted octanol–water partition coefficient (Wildman–Crippen LogP) is 2.85. The van der Waals surface area contributed by atoms with Crippen LogP contribution in [0.2, 0.25) is 0 Å². The van der Waals surface area contributed by atoms with E-state index in [1.54, 1.807) is 13.3 Å². The van der Waals surface area contributed by atoms with Crippen LogP contribution in [0.15, 0.2) is 36.5 Å². The Morgan fingerprint density at radius 1 is 1.15 bits per heavy atom. The standard InChI is InChI=1S/C15H15N3O2/c1-10-7-8-16-15-14(10)17-13(18-15)9-20-12-6-4-3-5-11(12)19-2/h3-8H,9H2,1-2H3,(H,16,17,18). The van der Waals surface area contributed by atoms with Crippen LogP contribution in [-0.4, -0.2) is 22.1 Å². The highest BCUT2D eigenvalue weighted by Gasteiger charge is 2.08. The van der Waals surface area contributed by atoms with Gasteiger partial charge in [-0.3, -0.25) is 0 Å². The molecule has 0 bridgehead atoms. The van der Waals surface area contributed by atoms with Gasteiger partial charge >= 0.3 is 0 Å². The summed E-state index contributed by atoms with van der Waals surface area (Å²) in [7, 11) is 1.62. The number of H-pyrrole nitrogens is 1. The molecule has 0 aliphatic heterocycles. The van der Waals surface area contributed by atoms with Gasteiger partial charge in [0.15, 0.2) is 17.1 Å². The molecule has 0 spiro atoms. The first-order valence-electron chi connectivity index (χ1n) is 6.34. The van der Waals surface area contributed by atoms with E-state index in [9.17, 15) is 0 Å². The zero-order chi connectivity index (χ0) is 13.9. The lowest BCUT2D eigenvalue weighted by atomic mass is 10.3. The molecular weight excluding hydrogens is 254 g/mol. The highest BCUT2D eigenvalue weighted by Crippen LogP contribution is 2.26. The summed E-state index contributed by atoms with van der Waals surface area (Å²) in [5.74, 6) is 2.14. The molecule has 5 nitrogen and oxygen atoms in total. The molecule has 2 aromatic heterocycles. The fourth-order valence-corrected chi connectivity index (χ4v) is 2.04. The Kier molecular flexibility index (Phi) is 3.25. The van der Waals surface area contributed by atoms with Crippen molar-refractivity contribution in [3.63, 3.8) is 0 Å². The Bertz CT molecular complexity index is 737. The van der Waals surface area contributed by atoms with Crippen LogP contribution in [0.5, 0.6) is 11.5 Å². The molecule has 20 heavy (non-hydrogen) atoms. The third kappa shape index (κ3) is 2.30. The molecule has 0 aliphatic rings. The molecule has 0 radical (unpaired) electrons. The van der Waals surface area contributed by atoms with Crippen LogP contribution in [0.4, 0.5) is 0 Å². The van der Waals surface area contributed by atoms with Gasteiger partial charge in [0.2, 0.25) is 0 Å². The predicted molar refractivity (Wildman–Crippen MR) is 76.0 cm³/mol. The van der Waals surface area contributed by atoms with Crippen molar-refractivity contribution in [1.82, 2.24) is 15.0 Å². The lowest BCUT2D eigenvalue weighted by Crippen LogP contribution is -1.99. The van der Waals surface area contributed by atoms with Crippen molar-refractivity contribution in [2.45, 2.75) is 13.5 Å². The van der Waals surface area contributed by atoms with Crippen molar-refractivity contribution in [2.75, 3.05) is 7.11 Å². The molecule has 0 saturated heterocycles. The number of fused-ring (bicyclic) bond motifs is 1. The molecule has 0 aliphatic carbocycles. The second-order valence-corrected chi connectivity index (χ2v) is 4.45. The Morgan fingerprint density at radius 3 is 2.70 bits per heavy atom. The molecule has 1 N–H and O–H groups in total. The van der Waals surface area contributed by atoms with Gasteiger partial charge in [-0.25, -0.2) is 9.97 Å². The third-order valence-electron chi connectivity index (χ3n) is 3.08. The van der Waals surface area contributed by atoms with Crippen LogP contribution < -0.4 is 9.47 Å². The Balaban J connectivity index is 1.82. The van der Waals surface area contributed by atoms with E-state index < -0.39 is 0 Å². The van der Waals surface area contributed by atoms with Crippen molar-refractivity contribution in [1.29, 1.82) is 0 Å². The summed E-state index contributed by atoms with van der Waals surface area (Å²) in [6.45, 7) is 2.36. The lowest BCUT2D eigenvalue weighted by Gasteiger charge is -2.08. The van der Waals surface area contributed by atoms with E-state index in [2.05, 4.69) is 15.0 Å². The number of rotatable bonds is 4. The van der Waals surface area contributed by atoms with Crippen molar-refractivity contribution in [2.24, 2.45) is 0 Å². The number of aromatic amines is 1. The molecule has 5 heteroatoms. The fourth-order valence-electron chi connectivity index (χ4n) is 2.04. The largest absolute Gasteiger partial charge is 0.493 e. The Labute approximate surface area is 116 Å². The molecule has 1 aromatic carbocycles. The summed E-state index contributed by atoms with van der Waals surface area (Å²) in [4.78, 5) is 11.9. The van der Waals surface area contributed by atoms with Gasteiger partial charge in [-0.15, -0.1) is 0 Å². The first-order chi connectivity index (χ1) is 9.78. The zero-order valence-electron chi connectivity index (χ0n) is 11.4. The molecule has 0 fully saturated rings. The molecule has 2 heterocycles. The first-order valence-corrected chi connectivity index (χ1v) is 6.34. The van der Waals surface area contributed by atoms with Crippen LogP contribution in [-0.2, 0) is 6.61 Å². The summed E-state index contributed by atoms with van der Waals surface area (Å²) in [5, 5.41) is 0. The van der Waals surface area contributed by atoms with Crippen molar-refractivity contribution < 1.29 is 9.47 Å². The van der Waals surface area contributed by atoms with Crippen LogP contribution in [0.3, 0.4) is 0 Å². The maximum Gasteiger partial charge on any atom is 0.178 e. The molecule has 0 saturated carbocycles. The van der Waals surface area contributed by atoms with Gasteiger partial charge < -0.3 is 14.5 Å². The normalized spacial score (nSPS) is 10.7. The number of methoxy groups -OCH3 is 1. The fraction of sp³-hybridized carbons (Fsp3) is 0.200. The number of aromatic nitrogens is 3. The molecular formula is C15H15N3O2. The van der Waals surface area contributed by atoms with Crippen LogP contribution >= 0.6 is 0 Å². The van der Waals surface area contributed by atoms with Crippen LogP contribution in [0.1, 0.15) is 11.4 Å². The van der Waals surface area contributed by atoms with E-state index >= 15 is 0 Å². The van der Waals surface area contributed by atoms with Gasteiger partial charge in [-0.2, -0.15) is 0 Å². The van der Waals surface area contributed by atoms with Gasteiger partial charge in [0.1, 0.15) is 12.4 Å². The van der Waals surface area contributed by atoms with Gasteiger partial charge in [0, 0.05) is 6.20 Å². The second-order valence-electron chi connectivity index (χ2n) is 4.45. The number of imidazole rings is 1. The van der Waals surface area contributed by atoms with Crippen molar-refractivity contribution in [3.05, 3.63) is 47.9 Å². The first kappa shape index (κ1) is 12.5. The third-order valence-corrected chi connectivity index (χ3v) is 3.08. The Morgan fingerprint density at radius 2 is 1.95 bits per heavy atom. The summed E-state index contributed by atoms with van der Waals surface area (Å²) >= 11 is 0. The number of hydrogen-bond acceptors (Lipinski definition) is 4. The zero-order valence-corrected chi connectivity index (χ0v) is 11.4. The maximum atomic E-state index is 5.74. The van der Waals surface area contributed by atoms with Gasteiger partial charge in [-0.05, 0) is 30.7 Å². The number of pyridine rings is 1. The minimum atomic E-state index is 0.343. The van der Waals surface area contributed by atoms with Gasteiger partial charge in [0.05, 0.1) is 12.6 Å². The number of hydrogen-bond donors (Lipinski definition) is 1. The summed E-state index contributed by atoms with van der Waals surface area (Å²) in [6.07, 6.45) is 1.75. The summed E-state index contributed by atoms with van der Waals surface area (Å²) in [6, 6.07) is 9.48. The van der Waals surface area contributed by atoms with E-state index in [1.165, 1.54) is 0 Å². The number of nitrogens with zero attached hydrogens (tertiary/aromatic N) is 2. The molecule has 102 valence electrons. The van der Waals surface area contributed by atoms with Crippen molar-refractivity contribution in [3.8, 4) is 11.5 Å². The smallest absolute Gasteiger partial charge is 0.178 e. The van der Waals surface area contributed by atoms with E-state index in [0.29, 0.717) is 23.8 Å². The average Bonchev–Trinajstić information content (AvgIpc) is 2.90. The van der Waals surface area contributed by atoms with Crippen molar-refractivity contribution >= 4 is 11.2 Å². The van der Waals surface area contributed by atoms with Crippen LogP contribution in [0, 0.1) is 6.92 Å². The van der Waals surface area contributed by atoms with Crippen LogP contribution in [0.25, 0.3) is 11.2 Å². The lowest BCUT2D eigenvalue weighted by molar-refractivity contribution is 0.277. The van der Waals surface area contributed by atoms with E-state index in [4.69, 9.17) is 9.47 Å². The molecule has 3 aromatic rings. The molecule has 0 amide bonds. The van der Waals surface area contributed by atoms with Gasteiger partial charge in [-0.1, -0.05) is 12.1 Å². The molecule has 0 atom stereocenters. The number of nitrogens with one attached hydrogen (secondary N) is 1. The van der Waals surface area contributed by atoms with E-state index in [-0.39, 0.29) is 0 Å². The topological polar surface area (TPSA) is 60.0 Å². The number of para-hydroxylation sites is 2.